The molecule has 0 saturated carbocycles. The highest BCUT2D eigenvalue weighted by molar-refractivity contribution is 5.81. The first-order valence-corrected chi connectivity index (χ1v) is 10.2. The molecule has 0 saturated heterocycles. The van der Waals surface area contributed by atoms with Crippen LogP contribution in [0.5, 0.6) is 0 Å². The van der Waals surface area contributed by atoms with Gasteiger partial charge in [-0.2, -0.15) is 0 Å². The van der Waals surface area contributed by atoms with E-state index in [-0.39, 0.29) is 18.4 Å². The Kier molecular flexibility index (Phi) is 12.3. The predicted octanol–water partition coefficient (Wildman–Crippen LogP) is 5.70. The van der Waals surface area contributed by atoms with E-state index in [1.807, 2.05) is 27.7 Å². The van der Waals surface area contributed by atoms with E-state index >= 15 is 0 Å². The molecule has 0 radical (unpaired) electrons. The summed E-state index contributed by atoms with van der Waals surface area (Å²) < 4.78 is 10.6. The van der Waals surface area contributed by atoms with E-state index in [1.54, 1.807) is 0 Å². The van der Waals surface area contributed by atoms with Gasteiger partial charge < -0.3 is 9.47 Å². The molecule has 0 aromatic carbocycles. The summed E-state index contributed by atoms with van der Waals surface area (Å²) in [7, 11) is 0. The quantitative estimate of drug-likeness (QED) is 0.309. The van der Waals surface area contributed by atoms with Gasteiger partial charge in [-0.05, 0) is 37.5 Å². The van der Waals surface area contributed by atoms with Gasteiger partial charge in [-0.3, -0.25) is 9.59 Å². The van der Waals surface area contributed by atoms with E-state index in [1.165, 1.54) is 18.4 Å². The lowest BCUT2D eigenvalue weighted by atomic mass is 9.75. The average Bonchev–Trinajstić information content (AvgIpc) is 2.54. The zero-order chi connectivity index (χ0) is 20.2. The Morgan fingerprint density at radius 1 is 0.962 bits per heavy atom. The lowest BCUT2D eigenvalue weighted by molar-refractivity contribution is -0.158. The van der Waals surface area contributed by atoms with Gasteiger partial charge in [0.15, 0.2) is 0 Å². The molecule has 0 aromatic rings. The monoisotopic (exact) mass is 368 g/mol. The number of carbonyl (C=O) groups excluding carboxylic acids is 2. The molecule has 2 atom stereocenters. The number of hydrogen-bond acceptors (Lipinski definition) is 4. The van der Waals surface area contributed by atoms with Crippen molar-refractivity contribution in [2.24, 2.45) is 17.3 Å². The first-order chi connectivity index (χ1) is 12.2. The van der Waals surface area contributed by atoms with Crippen LogP contribution >= 0.6 is 0 Å². The number of hydrogen-bond donors (Lipinski definition) is 0. The van der Waals surface area contributed by atoms with E-state index < -0.39 is 11.3 Å². The summed E-state index contributed by atoms with van der Waals surface area (Å²) in [5.74, 6) is -0.554. The Morgan fingerprint density at radius 3 is 2.08 bits per heavy atom. The van der Waals surface area contributed by atoms with Crippen molar-refractivity contribution in [1.82, 2.24) is 0 Å². The molecule has 4 heteroatoms. The fraction of sp³-hybridized carbons (Fsp3) is 0.818. The molecule has 0 amide bonds. The Hall–Kier alpha value is -1.32. The maximum atomic E-state index is 12.6. The molecule has 0 fully saturated rings. The van der Waals surface area contributed by atoms with Crippen LogP contribution in [-0.2, 0) is 19.1 Å². The van der Waals surface area contributed by atoms with E-state index in [9.17, 15) is 9.59 Å². The minimum Gasteiger partial charge on any atom is -0.466 e. The van der Waals surface area contributed by atoms with Crippen LogP contribution in [-0.4, -0.2) is 25.2 Å². The van der Waals surface area contributed by atoms with Crippen molar-refractivity contribution in [2.45, 2.75) is 87.0 Å². The maximum absolute atomic E-state index is 12.6. The topological polar surface area (TPSA) is 52.6 Å². The van der Waals surface area contributed by atoms with Crippen molar-refractivity contribution in [3.63, 3.8) is 0 Å². The summed E-state index contributed by atoms with van der Waals surface area (Å²) in [5.41, 5.74) is 0.790. The van der Waals surface area contributed by atoms with Crippen molar-refractivity contribution in [2.75, 3.05) is 13.2 Å². The summed E-state index contributed by atoms with van der Waals surface area (Å²) in [6, 6.07) is 0. The van der Waals surface area contributed by atoms with Crippen molar-refractivity contribution < 1.29 is 19.1 Å². The molecular formula is C22H40O4. The largest absolute Gasteiger partial charge is 0.466 e. The first kappa shape index (κ1) is 24.7. The van der Waals surface area contributed by atoms with Crippen molar-refractivity contribution >= 4 is 11.9 Å². The molecule has 0 aliphatic rings. The molecule has 0 bridgehead atoms. The van der Waals surface area contributed by atoms with Crippen LogP contribution < -0.4 is 0 Å². The van der Waals surface area contributed by atoms with Crippen molar-refractivity contribution in [1.29, 1.82) is 0 Å². The van der Waals surface area contributed by atoms with E-state index in [0.717, 1.165) is 19.3 Å². The van der Waals surface area contributed by atoms with Gasteiger partial charge in [0.25, 0.3) is 0 Å². The average molecular weight is 369 g/mol. The molecule has 152 valence electrons. The fourth-order valence-corrected chi connectivity index (χ4v) is 3.33. The van der Waals surface area contributed by atoms with Gasteiger partial charge in [-0.15, -0.1) is 0 Å². The van der Waals surface area contributed by atoms with Crippen LogP contribution in [0.2, 0.25) is 0 Å². The van der Waals surface area contributed by atoms with Crippen LogP contribution in [0.25, 0.3) is 0 Å². The molecule has 0 aliphatic carbocycles. The van der Waals surface area contributed by atoms with Gasteiger partial charge in [0, 0.05) is 0 Å². The number of allylic oxidation sites excluding steroid dienone is 2. The first-order valence-electron chi connectivity index (χ1n) is 10.2. The molecule has 0 spiro atoms. The molecule has 0 aliphatic heterocycles. The molecule has 0 heterocycles. The summed E-state index contributed by atoms with van der Waals surface area (Å²) in [4.78, 5) is 24.7. The van der Waals surface area contributed by atoms with Crippen molar-refractivity contribution in [3.8, 4) is 0 Å². The normalized spacial score (nSPS) is 14.7. The number of ether oxygens (including phenoxy) is 2. The molecule has 0 N–H and O–H groups in total. The summed E-state index contributed by atoms with van der Waals surface area (Å²) in [5, 5.41) is 0. The third-order valence-corrected chi connectivity index (χ3v) is 4.54. The zero-order valence-corrected chi connectivity index (χ0v) is 18.0. The van der Waals surface area contributed by atoms with Crippen LogP contribution in [0.3, 0.4) is 0 Å². The van der Waals surface area contributed by atoms with Gasteiger partial charge in [0.1, 0.15) is 0 Å². The third kappa shape index (κ3) is 9.98. The molecule has 4 nitrogen and oxygen atoms in total. The zero-order valence-electron chi connectivity index (χ0n) is 18.0. The highest BCUT2D eigenvalue weighted by atomic mass is 16.5. The fourth-order valence-electron chi connectivity index (χ4n) is 3.33. The van der Waals surface area contributed by atoms with Gasteiger partial charge in [0.2, 0.25) is 0 Å². The van der Waals surface area contributed by atoms with E-state index in [2.05, 4.69) is 26.8 Å². The number of rotatable bonds is 13. The molecular weight excluding hydrogens is 328 g/mol. The van der Waals surface area contributed by atoms with Gasteiger partial charge in [-0.25, -0.2) is 0 Å². The minimum atomic E-state index is -0.533. The van der Waals surface area contributed by atoms with Crippen LogP contribution in [0, 0.1) is 17.3 Å². The summed E-state index contributed by atoms with van der Waals surface area (Å²) >= 11 is 0. The maximum Gasteiger partial charge on any atom is 0.310 e. The minimum absolute atomic E-state index is 0.0594. The standard InChI is InChI=1S/C22H40O4/c1-8-11-17(4)14-18(5)16-22(6,7)19(21(24)26-13-10-3)15-20(23)25-12-9-2/h16-17,19H,8-15H2,1-7H3/b18-16+/t17-,19+/m1/s1. The van der Waals surface area contributed by atoms with E-state index in [4.69, 9.17) is 9.47 Å². The Bertz CT molecular complexity index is 451. The second-order valence-electron chi connectivity index (χ2n) is 8.05. The van der Waals surface area contributed by atoms with Gasteiger partial charge in [0.05, 0.1) is 25.6 Å². The second-order valence-corrected chi connectivity index (χ2v) is 8.05. The molecule has 0 aromatic heterocycles. The predicted molar refractivity (Wildman–Crippen MR) is 107 cm³/mol. The van der Waals surface area contributed by atoms with Crippen LogP contribution in [0.15, 0.2) is 11.6 Å². The Balaban J connectivity index is 5.27. The number of carbonyl (C=O) groups is 2. The van der Waals surface area contributed by atoms with Gasteiger partial charge >= 0.3 is 11.9 Å². The third-order valence-electron chi connectivity index (χ3n) is 4.54. The highest BCUT2D eigenvalue weighted by Gasteiger charge is 2.37. The lowest BCUT2D eigenvalue weighted by Gasteiger charge is -2.30. The highest BCUT2D eigenvalue weighted by Crippen LogP contribution is 2.35. The van der Waals surface area contributed by atoms with Crippen LogP contribution in [0.4, 0.5) is 0 Å². The smallest absolute Gasteiger partial charge is 0.310 e. The van der Waals surface area contributed by atoms with Gasteiger partial charge in [-0.1, -0.05) is 66.0 Å². The lowest BCUT2D eigenvalue weighted by Crippen LogP contribution is -2.34. The Morgan fingerprint density at radius 2 is 1.54 bits per heavy atom. The molecule has 0 unspecified atom stereocenters. The van der Waals surface area contributed by atoms with Crippen molar-refractivity contribution in [3.05, 3.63) is 11.6 Å². The van der Waals surface area contributed by atoms with Crippen LogP contribution in [0.1, 0.15) is 87.0 Å². The summed E-state index contributed by atoms with van der Waals surface area (Å²) in [6.45, 7) is 15.3. The summed E-state index contributed by atoms with van der Waals surface area (Å²) in [6.07, 6.45) is 7.11. The van der Waals surface area contributed by atoms with E-state index in [0.29, 0.717) is 19.1 Å². The molecule has 26 heavy (non-hydrogen) atoms. The number of esters is 2. The SMILES string of the molecule is CCCOC(=O)C[C@@H](C(=O)OCCC)C(C)(C)/C=C(\C)C[C@H](C)CCC. The molecule has 0 rings (SSSR count). The Labute approximate surface area is 160 Å². The second kappa shape index (κ2) is 12.9.